The lowest BCUT2D eigenvalue weighted by Crippen LogP contribution is -2.40. The van der Waals surface area contributed by atoms with Gasteiger partial charge in [0.15, 0.2) is 0 Å². The molecule has 0 amide bonds. The van der Waals surface area contributed by atoms with Crippen molar-refractivity contribution in [3.05, 3.63) is 22.9 Å². The Morgan fingerprint density at radius 2 is 2.00 bits per heavy atom. The molecule has 7 heteroatoms. The number of rotatable bonds is 5. The fourth-order valence-corrected chi connectivity index (χ4v) is 5.25. The van der Waals surface area contributed by atoms with E-state index in [1.54, 1.807) is 16.6 Å². The van der Waals surface area contributed by atoms with E-state index in [1.165, 1.54) is 6.20 Å². The van der Waals surface area contributed by atoms with E-state index in [4.69, 9.17) is 0 Å². The van der Waals surface area contributed by atoms with Gasteiger partial charge in [0, 0.05) is 34.8 Å². The van der Waals surface area contributed by atoms with Crippen LogP contribution in [0.4, 0.5) is 0 Å². The van der Waals surface area contributed by atoms with Crippen molar-refractivity contribution in [3.63, 3.8) is 0 Å². The lowest BCUT2D eigenvalue weighted by Gasteiger charge is -2.27. The molecule has 2 rings (SSSR count). The standard InChI is InChI=1S/C12H16Br2N2O2S/c13-5-6-16(11-3-1-2-4-11)19(17,18)12-7-10(14)8-15-9-12/h7-9,11H,1-6H2. The lowest BCUT2D eigenvalue weighted by molar-refractivity contribution is 0.338. The Labute approximate surface area is 130 Å². The molecule has 0 atom stereocenters. The highest BCUT2D eigenvalue weighted by Gasteiger charge is 2.32. The van der Waals surface area contributed by atoms with E-state index in [9.17, 15) is 8.42 Å². The fourth-order valence-electron chi connectivity index (χ4n) is 2.44. The average Bonchev–Trinajstić information content (AvgIpc) is 2.89. The molecule has 1 heterocycles. The third-order valence-electron chi connectivity index (χ3n) is 3.32. The number of halogens is 2. The highest BCUT2D eigenvalue weighted by Crippen LogP contribution is 2.29. The van der Waals surface area contributed by atoms with Crippen LogP contribution in [0.3, 0.4) is 0 Å². The molecule has 0 saturated heterocycles. The lowest BCUT2D eigenvalue weighted by atomic mass is 10.2. The Bertz CT molecular complexity index is 530. The summed E-state index contributed by atoms with van der Waals surface area (Å²) in [4.78, 5) is 4.21. The Balaban J connectivity index is 2.33. The molecule has 0 spiro atoms. The van der Waals surface area contributed by atoms with Crippen molar-refractivity contribution in [1.29, 1.82) is 0 Å². The summed E-state index contributed by atoms with van der Waals surface area (Å²) in [6, 6.07) is 1.74. The average molecular weight is 412 g/mol. The molecule has 0 radical (unpaired) electrons. The molecular weight excluding hydrogens is 396 g/mol. The summed E-state index contributed by atoms with van der Waals surface area (Å²) in [7, 11) is -3.46. The first-order chi connectivity index (χ1) is 9.05. The van der Waals surface area contributed by atoms with Gasteiger partial charge in [-0.05, 0) is 34.8 Å². The maximum atomic E-state index is 12.7. The van der Waals surface area contributed by atoms with Crippen molar-refractivity contribution in [1.82, 2.24) is 9.29 Å². The highest BCUT2D eigenvalue weighted by atomic mass is 79.9. The molecule has 1 aromatic rings. The minimum atomic E-state index is -3.46. The van der Waals surface area contributed by atoms with Crippen molar-refractivity contribution < 1.29 is 8.42 Å². The van der Waals surface area contributed by atoms with Crippen LogP contribution in [0.2, 0.25) is 0 Å². The number of hydrogen-bond donors (Lipinski definition) is 0. The monoisotopic (exact) mass is 410 g/mol. The molecular formula is C12H16Br2N2O2S. The Hall–Kier alpha value is 0.0200. The van der Waals surface area contributed by atoms with Crippen LogP contribution in [0.25, 0.3) is 0 Å². The van der Waals surface area contributed by atoms with Crippen LogP contribution in [0.5, 0.6) is 0 Å². The zero-order valence-electron chi connectivity index (χ0n) is 10.4. The third-order valence-corrected chi connectivity index (χ3v) is 6.03. The Morgan fingerprint density at radius 1 is 1.32 bits per heavy atom. The minimum Gasteiger partial charge on any atom is -0.262 e. The summed E-state index contributed by atoms with van der Waals surface area (Å²) in [5, 5.41) is 0.643. The first-order valence-electron chi connectivity index (χ1n) is 6.24. The van der Waals surface area contributed by atoms with Crippen LogP contribution in [0.1, 0.15) is 25.7 Å². The normalized spacial score (nSPS) is 17.2. The Kier molecular flexibility index (Phi) is 5.39. The number of sulfonamides is 1. The van der Waals surface area contributed by atoms with E-state index >= 15 is 0 Å². The van der Waals surface area contributed by atoms with E-state index in [0.29, 0.717) is 16.3 Å². The smallest absolute Gasteiger partial charge is 0.244 e. The van der Waals surface area contributed by atoms with Crippen LogP contribution in [0.15, 0.2) is 27.8 Å². The van der Waals surface area contributed by atoms with E-state index in [1.807, 2.05) is 0 Å². The predicted molar refractivity (Wildman–Crippen MR) is 81.9 cm³/mol. The highest BCUT2D eigenvalue weighted by molar-refractivity contribution is 9.10. The largest absolute Gasteiger partial charge is 0.262 e. The van der Waals surface area contributed by atoms with Crippen LogP contribution in [-0.2, 0) is 10.0 Å². The first-order valence-corrected chi connectivity index (χ1v) is 9.59. The number of alkyl halides is 1. The molecule has 1 aromatic heterocycles. The molecule has 4 nitrogen and oxygen atoms in total. The summed E-state index contributed by atoms with van der Waals surface area (Å²) in [5.74, 6) is 0. The van der Waals surface area contributed by atoms with Gasteiger partial charge in [-0.15, -0.1) is 0 Å². The molecule has 1 aliphatic rings. The molecule has 19 heavy (non-hydrogen) atoms. The molecule has 0 N–H and O–H groups in total. The summed E-state index contributed by atoms with van der Waals surface area (Å²) in [5.41, 5.74) is 0. The number of pyridine rings is 1. The van der Waals surface area contributed by atoms with Crippen LogP contribution in [0, 0.1) is 0 Å². The van der Waals surface area contributed by atoms with Gasteiger partial charge in [0.2, 0.25) is 10.0 Å². The second kappa shape index (κ2) is 6.65. The molecule has 106 valence electrons. The van der Waals surface area contributed by atoms with Crippen molar-refractivity contribution in [2.24, 2.45) is 0 Å². The van der Waals surface area contributed by atoms with Crippen LogP contribution >= 0.6 is 31.9 Å². The van der Waals surface area contributed by atoms with Crippen molar-refractivity contribution >= 4 is 41.9 Å². The maximum absolute atomic E-state index is 12.7. The summed E-state index contributed by atoms with van der Waals surface area (Å²) < 4.78 is 27.7. The number of nitrogens with zero attached hydrogens (tertiary/aromatic N) is 2. The Morgan fingerprint density at radius 3 is 2.58 bits per heavy atom. The van der Waals surface area contributed by atoms with Gasteiger partial charge in [0.25, 0.3) is 0 Å². The minimum absolute atomic E-state index is 0.126. The van der Waals surface area contributed by atoms with E-state index in [-0.39, 0.29) is 10.9 Å². The van der Waals surface area contributed by atoms with Gasteiger partial charge < -0.3 is 0 Å². The zero-order chi connectivity index (χ0) is 13.9. The SMILES string of the molecule is O=S(=O)(c1cncc(Br)c1)N(CCBr)C1CCCC1. The molecule has 1 aliphatic carbocycles. The van der Waals surface area contributed by atoms with Gasteiger partial charge in [-0.1, -0.05) is 28.8 Å². The molecule has 0 bridgehead atoms. The van der Waals surface area contributed by atoms with Crippen molar-refractivity contribution in [2.75, 3.05) is 11.9 Å². The second-order valence-corrected chi connectivity index (χ2v) is 8.18. The summed E-state index contributed by atoms with van der Waals surface area (Å²) >= 11 is 6.62. The summed E-state index contributed by atoms with van der Waals surface area (Å²) in [6.45, 7) is 0.500. The van der Waals surface area contributed by atoms with Gasteiger partial charge in [-0.25, -0.2) is 8.42 Å². The maximum Gasteiger partial charge on any atom is 0.244 e. The first kappa shape index (κ1) is 15.4. The van der Waals surface area contributed by atoms with E-state index in [2.05, 4.69) is 36.8 Å². The topological polar surface area (TPSA) is 50.3 Å². The fraction of sp³-hybridized carbons (Fsp3) is 0.583. The van der Waals surface area contributed by atoms with Crippen LogP contribution < -0.4 is 0 Å². The van der Waals surface area contributed by atoms with E-state index in [0.717, 1.165) is 25.7 Å². The van der Waals surface area contributed by atoms with Gasteiger partial charge in [-0.3, -0.25) is 4.98 Å². The van der Waals surface area contributed by atoms with Gasteiger partial charge >= 0.3 is 0 Å². The van der Waals surface area contributed by atoms with Crippen LogP contribution in [-0.4, -0.2) is 35.6 Å². The zero-order valence-corrected chi connectivity index (χ0v) is 14.4. The molecule has 0 aliphatic heterocycles. The van der Waals surface area contributed by atoms with E-state index < -0.39 is 10.0 Å². The number of hydrogen-bond acceptors (Lipinski definition) is 3. The predicted octanol–water partition coefficient (Wildman–Crippen LogP) is 3.17. The van der Waals surface area contributed by atoms with Crippen molar-refractivity contribution in [2.45, 2.75) is 36.6 Å². The molecule has 1 fully saturated rings. The molecule has 1 saturated carbocycles. The second-order valence-electron chi connectivity index (χ2n) is 4.58. The quantitative estimate of drug-likeness (QED) is 0.699. The summed E-state index contributed by atoms with van der Waals surface area (Å²) in [6.07, 6.45) is 7.12. The van der Waals surface area contributed by atoms with Gasteiger partial charge in [0.05, 0.1) is 0 Å². The molecule has 0 unspecified atom stereocenters. The molecule has 0 aromatic carbocycles. The van der Waals surface area contributed by atoms with Gasteiger partial charge in [-0.2, -0.15) is 4.31 Å². The number of aromatic nitrogens is 1. The third kappa shape index (κ3) is 3.56. The van der Waals surface area contributed by atoms with Gasteiger partial charge in [0.1, 0.15) is 4.90 Å². The van der Waals surface area contributed by atoms with Crippen molar-refractivity contribution in [3.8, 4) is 0 Å².